The second-order valence-electron chi connectivity index (χ2n) is 8.73. The van der Waals surface area contributed by atoms with E-state index in [0.717, 1.165) is 10.5 Å². The first-order valence-corrected chi connectivity index (χ1v) is 11.8. The predicted octanol–water partition coefficient (Wildman–Crippen LogP) is 4.46. The van der Waals surface area contributed by atoms with Crippen LogP contribution in [0.1, 0.15) is 30.9 Å². The number of nitro benzene ring substituents is 1. The van der Waals surface area contributed by atoms with Crippen LogP contribution in [0, 0.1) is 16.0 Å². The predicted molar refractivity (Wildman–Crippen MR) is 128 cm³/mol. The fourth-order valence-electron chi connectivity index (χ4n) is 4.42. The molecule has 2 aliphatic rings. The van der Waals surface area contributed by atoms with Crippen molar-refractivity contribution in [3.05, 3.63) is 70.3 Å². The number of Topliss-reactive ketones (excluding diaryl/α,β-unsaturated/α-hetero) is 1. The molecule has 2 fully saturated rings. The van der Waals surface area contributed by atoms with Crippen molar-refractivity contribution in [1.82, 2.24) is 5.32 Å². The second-order valence-corrected chi connectivity index (χ2v) is 9.81. The highest BCUT2D eigenvalue weighted by molar-refractivity contribution is 7.99. The van der Waals surface area contributed by atoms with Gasteiger partial charge in [0.2, 0.25) is 0 Å². The quantitative estimate of drug-likeness (QED) is 0.365. The lowest BCUT2D eigenvalue weighted by Crippen LogP contribution is -2.52. The van der Waals surface area contributed by atoms with Crippen LogP contribution in [0.2, 0.25) is 0 Å². The Bertz CT molecular complexity index is 1080. The Kier molecular flexibility index (Phi) is 6.99. The van der Waals surface area contributed by atoms with Gasteiger partial charge in [0.05, 0.1) is 35.6 Å². The molecule has 174 valence electrons. The molecule has 2 atom stereocenters. The fourth-order valence-corrected chi connectivity index (χ4v) is 5.60. The largest absolute Gasteiger partial charge is 0.376 e. The molecule has 2 aromatic carbocycles. The SMILES string of the molecule is C=C(C(=O)C1CNCC12COCCO2)c1ccc(Sc2ccccc2C(C)C)c([N+](=O)[O-])c1. The molecule has 2 aliphatic heterocycles. The van der Waals surface area contributed by atoms with Crippen molar-refractivity contribution in [2.24, 2.45) is 5.92 Å². The first-order chi connectivity index (χ1) is 15.8. The Labute approximate surface area is 197 Å². The average Bonchev–Trinajstić information content (AvgIpc) is 3.21. The summed E-state index contributed by atoms with van der Waals surface area (Å²) in [4.78, 5) is 26.4. The smallest absolute Gasteiger partial charge is 0.283 e. The molecule has 1 N–H and O–H groups in total. The number of ketones is 1. The number of hydrogen-bond donors (Lipinski definition) is 1. The van der Waals surface area contributed by atoms with E-state index in [1.54, 1.807) is 12.1 Å². The summed E-state index contributed by atoms with van der Waals surface area (Å²) >= 11 is 1.37. The fraction of sp³-hybridized carbons (Fsp3) is 0.400. The van der Waals surface area contributed by atoms with Gasteiger partial charge in [-0.15, -0.1) is 0 Å². The maximum absolute atomic E-state index is 13.3. The van der Waals surface area contributed by atoms with Crippen LogP contribution < -0.4 is 5.32 Å². The van der Waals surface area contributed by atoms with E-state index in [2.05, 4.69) is 25.7 Å². The molecule has 7 nitrogen and oxygen atoms in total. The molecule has 2 unspecified atom stereocenters. The normalized spacial score (nSPS) is 22.6. The Morgan fingerprint density at radius 1 is 1.24 bits per heavy atom. The van der Waals surface area contributed by atoms with Crippen LogP contribution in [0.25, 0.3) is 5.57 Å². The van der Waals surface area contributed by atoms with Crippen molar-refractivity contribution in [2.75, 3.05) is 32.9 Å². The molecule has 2 heterocycles. The maximum Gasteiger partial charge on any atom is 0.283 e. The van der Waals surface area contributed by atoms with Gasteiger partial charge < -0.3 is 14.8 Å². The zero-order valence-corrected chi connectivity index (χ0v) is 19.7. The number of nitro groups is 1. The third-order valence-corrected chi connectivity index (χ3v) is 7.41. The van der Waals surface area contributed by atoms with Crippen LogP contribution in [0.5, 0.6) is 0 Å². The van der Waals surface area contributed by atoms with E-state index < -0.39 is 16.4 Å². The number of hydrogen-bond acceptors (Lipinski definition) is 7. The summed E-state index contributed by atoms with van der Waals surface area (Å²) in [5.41, 5.74) is 1.09. The molecule has 4 rings (SSSR count). The average molecular weight is 469 g/mol. The summed E-state index contributed by atoms with van der Waals surface area (Å²) in [5, 5.41) is 15.1. The van der Waals surface area contributed by atoms with Crippen LogP contribution in [-0.2, 0) is 14.3 Å². The molecule has 0 aliphatic carbocycles. The van der Waals surface area contributed by atoms with Crippen LogP contribution in [-0.4, -0.2) is 49.2 Å². The van der Waals surface area contributed by atoms with Gasteiger partial charge >= 0.3 is 0 Å². The molecule has 2 saturated heterocycles. The number of benzene rings is 2. The molecule has 0 radical (unpaired) electrons. The Hall–Kier alpha value is -2.52. The van der Waals surface area contributed by atoms with Gasteiger partial charge in [-0.25, -0.2) is 0 Å². The number of allylic oxidation sites excluding steroid dienone is 1. The zero-order chi connectivity index (χ0) is 23.6. The minimum atomic E-state index is -0.708. The Morgan fingerprint density at radius 2 is 2.03 bits per heavy atom. The first-order valence-electron chi connectivity index (χ1n) is 11.0. The van der Waals surface area contributed by atoms with Crippen molar-refractivity contribution in [2.45, 2.75) is 35.2 Å². The van der Waals surface area contributed by atoms with Crippen molar-refractivity contribution in [1.29, 1.82) is 0 Å². The molecule has 0 amide bonds. The highest BCUT2D eigenvalue weighted by Gasteiger charge is 2.50. The molecule has 1 spiro atoms. The monoisotopic (exact) mass is 468 g/mol. The van der Waals surface area contributed by atoms with Crippen LogP contribution in [0.3, 0.4) is 0 Å². The summed E-state index contributed by atoms with van der Waals surface area (Å²) in [6.07, 6.45) is 0. The van der Waals surface area contributed by atoms with E-state index in [1.165, 1.54) is 17.8 Å². The molecule has 0 bridgehead atoms. The van der Waals surface area contributed by atoms with Crippen LogP contribution >= 0.6 is 11.8 Å². The molecule has 33 heavy (non-hydrogen) atoms. The van der Waals surface area contributed by atoms with Crippen molar-refractivity contribution >= 4 is 28.8 Å². The van der Waals surface area contributed by atoms with Crippen LogP contribution in [0.15, 0.2) is 58.8 Å². The zero-order valence-electron chi connectivity index (χ0n) is 18.8. The minimum Gasteiger partial charge on any atom is -0.376 e. The third kappa shape index (κ3) is 4.75. The van der Waals surface area contributed by atoms with Gasteiger partial charge in [0.25, 0.3) is 5.69 Å². The van der Waals surface area contributed by atoms with Gasteiger partial charge in [0, 0.05) is 29.6 Å². The van der Waals surface area contributed by atoms with Gasteiger partial charge in [-0.3, -0.25) is 14.9 Å². The number of carbonyl (C=O) groups excluding carboxylic acids is 1. The standard InChI is InChI=1S/C25H28N2O5S/c1-16(2)19-6-4-5-7-22(19)33-23-9-8-18(12-21(23)27(29)30)17(3)24(28)20-13-26-14-25(20)15-31-10-11-32-25/h4-9,12,16,20,26H,3,10-11,13-15H2,1-2H3. The summed E-state index contributed by atoms with van der Waals surface area (Å²) < 4.78 is 11.5. The van der Waals surface area contributed by atoms with Gasteiger partial charge in [0.15, 0.2) is 5.78 Å². The lowest BCUT2D eigenvalue weighted by atomic mass is 9.83. The number of carbonyl (C=O) groups is 1. The molecular weight excluding hydrogens is 440 g/mol. The molecular formula is C25H28N2O5S. The van der Waals surface area contributed by atoms with Gasteiger partial charge in [-0.1, -0.05) is 56.5 Å². The lowest BCUT2D eigenvalue weighted by molar-refractivity contribution is -0.387. The topological polar surface area (TPSA) is 90.7 Å². The molecule has 2 aromatic rings. The van der Waals surface area contributed by atoms with Gasteiger partial charge in [0.1, 0.15) is 5.60 Å². The van der Waals surface area contributed by atoms with Crippen molar-refractivity contribution < 1.29 is 19.2 Å². The van der Waals surface area contributed by atoms with Crippen LogP contribution in [0.4, 0.5) is 5.69 Å². The summed E-state index contributed by atoms with van der Waals surface area (Å²) in [6.45, 7) is 10.5. The Balaban J connectivity index is 1.60. The van der Waals surface area contributed by atoms with E-state index in [4.69, 9.17) is 9.47 Å². The second kappa shape index (κ2) is 9.77. The van der Waals surface area contributed by atoms with E-state index >= 15 is 0 Å². The highest BCUT2D eigenvalue weighted by atomic mass is 32.2. The van der Waals surface area contributed by atoms with Gasteiger partial charge in [-0.05, 0) is 29.2 Å². The molecule has 0 aromatic heterocycles. The van der Waals surface area contributed by atoms with Gasteiger partial charge in [-0.2, -0.15) is 0 Å². The summed E-state index contributed by atoms with van der Waals surface area (Å²) in [5.74, 6) is -0.329. The number of nitrogens with one attached hydrogen (secondary N) is 1. The Morgan fingerprint density at radius 3 is 2.73 bits per heavy atom. The molecule has 8 heteroatoms. The third-order valence-electron chi connectivity index (χ3n) is 6.25. The minimum absolute atomic E-state index is 0.0403. The van der Waals surface area contributed by atoms with Crippen molar-refractivity contribution in [3.63, 3.8) is 0 Å². The first kappa shape index (κ1) is 23.6. The highest BCUT2D eigenvalue weighted by Crippen LogP contribution is 2.40. The summed E-state index contributed by atoms with van der Waals surface area (Å²) in [7, 11) is 0. The van der Waals surface area contributed by atoms with E-state index in [-0.39, 0.29) is 17.0 Å². The summed E-state index contributed by atoms with van der Waals surface area (Å²) in [6, 6.07) is 12.8. The number of nitrogens with zero attached hydrogens (tertiary/aromatic N) is 1. The molecule has 0 saturated carbocycles. The van der Waals surface area contributed by atoms with E-state index in [9.17, 15) is 14.9 Å². The number of ether oxygens (including phenoxy) is 2. The van der Waals surface area contributed by atoms with Crippen molar-refractivity contribution in [3.8, 4) is 0 Å². The number of rotatable bonds is 7. The maximum atomic E-state index is 13.3. The van der Waals surface area contributed by atoms with E-state index in [1.807, 2.05) is 24.3 Å². The lowest BCUT2D eigenvalue weighted by Gasteiger charge is -2.37. The van der Waals surface area contributed by atoms with E-state index in [0.29, 0.717) is 49.3 Å².